The Morgan fingerprint density at radius 2 is 2.10 bits per heavy atom. The van der Waals surface area contributed by atoms with Gasteiger partial charge < -0.3 is 10.6 Å². The summed E-state index contributed by atoms with van der Waals surface area (Å²) in [6, 6.07) is 2.61. The van der Waals surface area contributed by atoms with Gasteiger partial charge in [0.1, 0.15) is 11.9 Å². The number of hydrogen-bond donors (Lipinski definition) is 2. The Hall–Kier alpha value is -3.06. The summed E-state index contributed by atoms with van der Waals surface area (Å²) in [6.45, 7) is 8.12. The third kappa shape index (κ3) is 4.35. The molecule has 2 atom stereocenters. The van der Waals surface area contributed by atoms with Gasteiger partial charge in [0.15, 0.2) is 5.13 Å². The number of nitrogens with two attached hydrogens (primary N) is 1. The van der Waals surface area contributed by atoms with E-state index in [9.17, 15) is 9.59 Å². The maximum Gasteiger partial charge on any atom is 0.324 e. The minimum Gasteiger partial charge on any atom is -0.368 e. The van der Waals surface area contributed by atoms with E-state index in [2.05, 4.69) is 26.3 Å². The van der Waals surface area contributed by atoms with E-state index in [0.717, 1.165) is 22.1 Å². The molecule has 0 radical (unpaired) electrons. The first-order valence-electron chi connectivity index (χ1n) is 9.18. The molecule has 1 saturated heterocycles. The molecule has 3 rings (SSSR count). The summed E-state index contributed by atoms with van der Waals surface area (Å²) in [4.78, 5) is 39.9. The van der Waals surface area contributed by atoms with Crippen molar-refractivity contribution in [3.63, 3.8) is 0 Å². The number of urea groups is 1. The molecule has 0 aliphatic carbocycles. The highest BCUT2D eigenvalue weighted by Gasteiger charge is 2.39. The van der Waals surface area contributed by atoms with Gasteiger partial charge in [0.2, 0.25) is 5.91 Å². The zero-order chi connectivity index (χ0) is 21.3. The van der Waals surface area contributed by atoms with Crippen molar-refractivity contribution >= 4 is 28.4 Å². The number of primary amides is 1. The Balaban J connectivity index is 1.82. The fourth-order valence-corrected chi connectivity index (χ4v) is 4.05. The van der Waals surface area contributed by atoms with Gasteiger partial charge in [-0.25, -0.2) is 19.7 Å². The van der Waals surface area contributed by atoms with Crippen LogP contribution in [0.3, 0.4) is 0 Å². The molecule has 0 bridgehead atoms. The number of nitrogens with zero attached hydrogens (tertiary/aromatic N) is 5. The van der Waals surface area contributed by atoms with Crippen molar-refractivity contribution in [2.24, 2.45) is 11.7 Å². The smallest absolute Gasteiger partial charge is 0.324 e. The number of carbonyl (C=O) groups is 2. The second kappa shape index (κ2) is 7.75. The number of thiazole rings is 1. The molecule has 0 saturated carbocycles. The highest BCUT2D eigenvalue weighted by atomic mass is 32.1. The van der Waals surface area contributed by atoms with Crippen LogP contribution in [0.15, 0.2) is 12.3 Å². The van der Waals surface area contributed by atoms with Crippen molar-refractivity contribution in [1.29, 1.82) is 5.26 Å². The van der Waals surface area contributed by atoms with E-state index in [1.54, 1.807) is 6.20 Å². The lowest BCUT2D eigenvalue weighted by Gasteiger charge is -2.21. The number of nitriles is 1. The number of rotatable bonds is 3. The van der Waals surface area contributed by atoms with Gasteiger partial charge >= 0.3 is 6.03 Å². The molecule has 2 aromatic rings. The summed E-state index contributed by atoms with van der Waals surface area (Å²) >= 11 is 1.29. The lowest BCUT2D eigenvalue weighted by atomic mass is 9.95. The molecule has 1 fully saturated rings. The summed E-state index contributed by atoms with van der Waals surface area (Å²) in [5.74, 6) is -0.314. The average molecular weight is 414 g/mol. The van der Waals surface area contributed by atoms with Gasteiger partial charge in [-0.2, -0.15) is 5.26 Å². The quantitative estimate of drug-likeness (QED) is 0.792. The van der Waals surface area contributed by atoms with Crippen molar-refractivity contribution < 1.29 is 9.59 Å². The van der Waals surface area contributed by atoms with Crippen LogP contribution in [0.25, 0.3) is 10.6 Å². The van der Waals surface area contributed by atoms with Crippen molar-refractivity contribution in [1.82, 2.24) is 19.9 Å². The molecule has 3 amide bonds. The van der Waals surface area contributed by atoms with Crippen LogP contribution in [-0.2, 0) is 10.2 Å². The standard InChI is InChI=1S/C19H23N7O2S/c1-10-14(12-5-6-22-16(24-12)19(2,3)4)29-17(23-10)25-18(28)26-9-11(8-20)7-13(26)15(21)27/h5-6,11,13H,7,9H2,1-4H3,(H2,21,27)(H,23,25,28)/t11-,13-/m0/s1. The van der Waals surface area contributed by atoms with E-state index in [1.807, 2.05) is 33.8 Å². The van der Waals surface area contributed by atoms with Gasteiger partial charge in [0, 0.05) is 18.2 Å². The molecule has 0 aromatic carbocycles. The third-order valence-corrected chi connectivity index (χ3v) is 5.74. The average Bonchev–Trinajstić information content (AvgIpc) is 3.25. The number of nitrogens with one attached hydrogen (secondary N) is 1. The molecular weight excluding hydrogens is 390 g/mol. The molecule has 29 heavy (non-hydrogen) atoms. The largest absolute Gasteiger partial charge is 0.368 e. The number of aromatic nitrogens is 3. The number of hydrogen-bond acceptors (Lipinski definition) is 7. The van der Waals surface area contributed by atoms with Gasteiger partial charge in [0.25, 0.3) is 0 Å². The summed E-state index contributed by atoms with van der Waals surface area (Å²) in [5.41, 5.74) is 6.67. The maximum atomic E-state index is 12.7. The van der Waals surface area contributed by atoms with E-state index in [0.29, 0.717) is 5.13 Å². The van der Waals surface area contributed by atoms with E-state index in [1.165, 1.54) is 16.2 Å². The van der Waals surface area contributed by atoms with Crippen molar-refractivity contribution in [3.05, 3.63) is 23.8 Å². The summed E-state index contributed by atoms with van der Waals surface area (Å²) in [5, 5.41) is 12.2. The van der Waals surface area contributed by atoms with E-state index in [4.69, 9.17) is 11.0 Å². The number of anilines is 1. The Morgan fingerprint density at radius 3 is 2.72 bits per heavy atom. The van der Waals surface area contributed by atoms with Gasteiger partial charge in [-0.3, -0.25) is 10.1 Å². The summed E-state index contributed by atoms with van der Waals surface area (Å²) in [6.07, 6.45) is 1.96. The molecule has 1 aliphatic heterocycles. The molecular formula is C19H23N7O2S. The van der Waals surface area contributed by atoms with E-state index in [-0.39, 0.29) is 18.4 Å². The predicted octanol–water partition coefficient (Wildman–Crippen LogP) is 2.44. The Kier molecular flexibility index (Phi) is 5.53. The second-order valence-corrected chi connectivity index (χ2v) is 9.01. The first-order chi connectivity index (χ1) is 13.6. The first kappa shape index (κ1) is 20.7. The van der Waals surface area contributed by atoms with Crippen molar-refractivity contribution in [3.8, 4) is 16.6 Å². The van der Waals surface area contributed by atoms with Crippen LogP contribution >= 0.6 is 11.3 Å². The van der Waals surface area contributed by atoms with Crippen LogP contribution in [0.2, 0.25) is 0 Å². The third-order valence-electron chi connectivity index (χ3n) is 4.64. The van der Waals surface area contributed by atoms with Crippen LogP contribution in [-0.4, -0.2) is 44.4 Å². The fraction of sp³-hybridized carbons (Fsp3) is 0.474. The summed E-state index contributed by atoms with van der Waals surface area (Å²) < 4.78 is 0. The summed E-state index contributed by atoms with van der Waals surface area (Å²) in [7, 11) is 0. The van der Waals surface area contributed by atoms with Gasteiger partial charge in [-0.05, 0) is 19.4 Å². The van der Waals surface area contributed by atoms with Gasteiger partial charge in [0.05, 0.1) is 28.3 Å². The minimum absolute atomic E-state index is 0.161. The van der Waals surface area contributed by atoms with E-state index >= 15 is 0 Å². The zero-order valence-corrected chi connectivity index (χ0v) is 17.6. The molecule has 3 N–H and O–H groups in total. The second-order valence-electron chi connectivity index (χ2n) is 8.01. The number of aryl methyl sites for hydroxylation is 1. The topological polar surface area (TPSA) is 138 Å². The molecule has 9 nitrogen and oxygen atoms in total. The predicted molar refractivity (Wildman–Crippen MR) is 109 cm³/mol. The van der Waals surface area contributed by atoms with Crippen LogP contribution in [0.1, 0.15) is 38.7 Å². The Labute approximate surface area is 173 Å². The maximum absolute atomic E-state index is 12.7. The van der Waals surface area contributed by atoms with Crippen LogP contribution in [0.4, 0.5) is 9.93 Å². The highest BCUT2D eigenvalue weighted by molar-refractivity contribution is 7.19. The number of carbonyl (C=O) groups excluding carboxylic acids is 2. The van der Waals surface area contributed by atoms with Crippen LogP contribution in [0, 0.1) is 24.2 Å². The number of amides is 3. The first-order valence-corrected chi connectivity index (χ1v) is 9.99. The normalized spacial score (nSPS) is 19.1. The highest BCUT2D eigenvalue weighted by Crippen LogP contribution is 2.33. The molecule has 1 aliphatic rings. The number of likely N-dealkylation sites (tertiary alicyclic amines) is 1. The lowest BCUT2D eigenvalue weighted by molar-refractivity contribution is -0.121. The van der Waals surface area contributed by atoms with Crippen LogP contribution < -0.4 is 11.1 Å². The van der Waals surface area contributed by atoms with Crippen LogP contribution in [0.5, 0.6) is 0 Å². The molecule has 2 aromatic heterocycles. The minimum atomic E-state index is -0.795. The van der Waals surface area contributed by atoms with Crippen molar-refractivity contribution in [2.45, 2.75) is 45.6 Å². The Bertz CT molecular complexity index is 989. The Morgan fingerprint density at radius 1 is 1.38 bits per heavy atom. The molecule has 3 heterocycles. The molecule has 152 valence electrons. The van der Waals surface area contributed by atoms with Gasteiger partial charge in [-0.15, -0.1) is 0 Å². The SMILES string of the molecule is Cc1nc(NC(=O)N2C[C@H](C#N)C[C@H]2C(N)=O)sc1-c1ccnc(C(C)(C)C)n1. The van der Waals surface area contributed by atoms with Crippen molar-refractivity contribution in [2.75, 3.05) is 11.9 Å². The monoisotopic (exact) mass is 413 g/mol. The molecule has 0 unspecified atom stereocenters. The van der Waals surface area contributed by atoms with Gasteiger partial charge in [-0.1, -0.05) is 32.1 Å². The lowest BCUT2D eigenvalue weighted by Crippen LogP contribution is -2.45. The molecule has 0 spiro atoms. The molecule has 10 heteroatoms. The fourth-order valence-electron chi connectivity index (χ4n) is 3.12. The van der Waals surface area contributed by atoms with E-state index < -0.39 is 23.9 Å². The zero-order valence-electron chi connectivity index (χ0n) is 16.8.